The monoisotopic (exact) mass is 198 g/mol. The Morgan fingerprint density at radius 3 is 2.00 bits per heavy atom. The van der Waals surface area contributed by atoms with Gasteiger partial charge in [-0.05, 0) is 37.2 Å². The normalized spacial score (nSPS) is 14.2. The molecule has 0 radical (unpaired) electrons. The van der Waals surface area contributed by atoms with Crippen LogP contribution in [0.5, 0.6) is 0 Å². The number of hydrogen-bond donors (Lipinski definition) is 0. The molecular formula is C11H22OSi. The largest absolute Gasteiger partial charge is 0.544 e. The van der Waals surface area contributed by atoms with Gasteiger partial charge in [0.1, 0.15) is 0 Å². The van der Waals surface area contributed by atoms with E-state index >= 15 is 0 Å². The van der Waals surface area contributed by atoms with E-state index in [0.29, 0.717) is 0 Å². The molecule has 0 spiro atoms. The van der Waals surface area contributed by atoms with Gasteiger partial charge < -0.3 is 4.43 Å². The highest BCUT2D eigenvalue weighted by Gasteiger charge is 2.38. The minimum Gasteiger partial charge on any atom is -0.544 e. The van der Waals surface area contributed by atoms with Crippen molar-refractivity contribution in [1.29, 1.82) is 0 Å². The third-order valence-corrected chi connectivity index (χ3v) is 7.02. The van der Waals surface area contributed by atoms with Gasteiger partial charge in [-0.2, -0.15) is 0 Å². The molecule has 1 nitrogen and oxygen atoms in total. The molecule has 0 aromatic carbocycles. The molecule has 0 saturated heterocycles. The van der Waals surface area contributed by atoms with Crippen LogP contribution in [-0.2, 0) is 4.43 Å². The van der Waals surface area contributed by atoms with Crippen LogP contribution in [0.4, 0.5) is 0 Å². The minimum atomic E-state index is -1.65. The Labute approximate surface area is 83.6 Å². The standard InChI is InChI=1S/C11H22OSi/c1-8-10(9-2)12-13(6,7)11(3,4)5/h8-9H,1H2,2-7H3. The molecule has 0 rings (SSSR count). The van der Waals surface area contributed by atoms with Crippen LogP contribution in [0.3, 0.4) is 0 Å². The molecule has 0 aromatic heterocycles. The van der Waals surface area contributed by atoms with E-state index in [0.717, 1.165) is 5.76 Å². The van der Waals surface area contributed by atoms with Gasteiger partial charge in [0.15, 0.2) is 0 Å². The molecule has 0 unspecified atom stereocenters. The fourth-order valence-electron chi connectivity index (χ4n) is 0.666. The maximum Gasteiger partial charge on any atom is 0.250 e. The lowest BCUT2D eigenvalue weighted by Gasteiger charge is -2.36. The van der Waals surface area contributed by atoms with Crippen molar-refractivity contribution < 1.29 is 4.43 Å². The lowest BCUT2D eigenvalue weighted by Crippen LogP contribution is -2.40. The molecule has 0 aliphatic carbocycles. The van der Waals surface area contributed by atoms with E-state index in [1.54, 1.807) is 6.08 Å². The van der Waals surface area contributed by atoms with Gasteiger partial charge in [-0.3, -0.25) is 0 Å². The highest BCUT2D eigenvalue weighted by Crippen LogP contribution is 2.37. The molecule has 0 aromatic rings. The molecule has 0 aliphatic heterocycles. The molecule has 0 aliphatic rings. The Hall–Kier alpha value is -0.503. The summed E-state index contributed by atoms with van der Waals surface area (Å²) in [5.74, 6) is 0.909. The summed E-state index contributed by atoms with van der Waals surface area (Å²) in [6.45, 7) is 16.9. The lowest BCUT2D eigenvalue weighted by atomic mass is 10.2. The van der Waals surface area contributed by atoms with Crippen LogP contribution in [0.1, 0.15) is 27.7 Å². The molecule has 13 heavy (non-hydrogen) atoms. The predicted molar refractivity (Wildman–Crippen MR) is 62.2 cm³/mol. The van der Waals surface area contributed by atoms with Crippen molar-refractivity contribution in [2.45, 2.75) is 45.8 Å². The molecule has 0 heterocycles. The van der Waals surface area contributed by atoms with Crippen molar-refractivity contribution >= 4 is 8.32 Å². The first kappa shape index (κ1) is 12.5. The van der Waals surface area contributed by atoms with Gasteiger partial charge >= 0.3 is 0 Å². The lowest BCUT2D eigenvalue weighted by molar-refractivity contribution is 0.399. The molecule has 0 bridgehead atoms. The number of allylic oxidation sites excluding steroid dienone is 2. The summed E-state index contributed by atoms with van der Waals surface area (Å²) >= 11 is 0. The summed E-state index contributed by atoms with van der Waals surface area (Å²) in [7, 11) is -1.65. The highest BCUT2D eigenvalue weighted by molar-refractivity contribution is 6.74. The van der Waals surface area contributed by atoms with Gasteiger partial charge in [0.25, 0.3) is 0 Å². The first-order chi connectivity index (χ1) is 5.74. The zero-order valence-corrected chi connectivity index (χ0v) is 10.8. The van der Waals surface area contributed by atoms with E-state index < -0.39 is 8.32 Å². The van der Waals surface area contributed by atoms with Gasteiger partial charge in [-0.15, -0.1) is 0 Å². The maximum atomic E-state index is 5.98. The first-order valence-electron chi connectivity index (χ1n) is 4.72. The van der Waals surface area contributed by atoms with E-state index in [-0.39, 0.29) is 5.04 Å². The average Bonchev–Trinajstić information content (AvgIpc) is 1.98. The Morgan fingerprint density at radius 2 is 1.77 bits per heavy atom. The molecule has 0 saturated carbocycles. The Balaban J connectivity index is 4.60. The van der Waals surface area contributed by atoms with Crippen molar-refractivity contribution in [3.63, 3.8) is 0 Å². The molecule has 2 heteroatoms. The highest BCUT2D eigenvalue weighted by atomic mass is 28.4. The molecule has 76 valence electrons. The van der Waals surface area contributed by atoms with Crippen molar-refractivity contribution in [2.75, 3.05) is 0 Å². The summed E-state index contributed by atoms with van der Waals surface area (Å²) in [4.78, 5) is 0. The van der Waals surface area contributed by atoms with Crippen molar-refractivity contribution in [3.05, 3.63) is 24.5 Å². The quantitative estimate of drug-likeness (QED) is 0.377. The van der Waals surface area contributed by atoms with E-state index in [4.69, 9.17) is 4.43 Å². The predicted octanol–water partition coefficient (Wildman–Crippen LogP) is 4.10. The summed E-state index contributed by atoms with van der Waals surface area (Å²) < 4.78 is 5.98. The SMILES string of the molecule is C=CC(=CC)O[Si](C)(C)C(C)(C)C. The van der Waals surface area contributed by atoms with Crippen LogP contribution in [0.15, 0.2) is 24.5 Å². The molecule has 0 amide bonds. The maximum absolute atomic E-state index is 5.98. The van der Waals surface area contributed by atoms with Crippen LogP contribution in [0.25, 0.3) is 0 Å². The summed E-state index contributed by atoms with van der Waals surface area (Å²) in [5.41, 5.74) is 0. The smallest absolute Gasteiger partial charge is 0.250 e. The summed E-state index contributed by atoms with van der Waals surface area (Å²) in [6.07, 6.45) is 3.74. The van der Waals surface area contributed by atoms with Crippen LogP contribution < -0.4 is 0 Å². The third-order valence-electron chi connectivity index (χ3n) is 2.66. The van der Waals surface area contributed by atoms with Gasteiger partial charge in [0, 0.05) is 0 Å². The topological polar surface area (TPSA) is 9.23 Å². The number of rotatable bonds is 3. The second-order valence-corrected chi connectivity index (χ2v) is 9.48. The third kappa shape index (κ3) is 3.39. The molecule has 0 fully saturated rings. The summed E-state index contributed by atoms with van der Waals surface area (Å²) in [6, 6.07) is 0. The van der Waals surface area contributed by atoms with E-state index in [2.05, 4.69) is 40.4 Å². The first-order valence-corrected chi connectivity index (χ1v) is 7.63. The van der Waals surface area contributed by atoms with Crippen molar-refractivity contribution in [3.8, 4) is 0 Å². The number of hydrogen-bond acceptors (Lipinski definition) is 1. The van der Waals surface area contributed by atoms with Gasteiger partial charge in [-0.25, -0.2) is 0 Å². The Morgan fingerprint density at radius 1 is 1.31 bits per heavy atom. The molecule has 0 atom stereocenters. The van der Waals surface area contributed by atoms with Crippen molar-refractivity contribution in [2.24, 2.45) is 0 Å². The fraction of sp³-hybridized carbons (Fsp3) is 0.636. The molecular weight excluding hydrogens is 176 g/mol. The second-order valence-electron chi connectivity index (χ2n) is 4.76. The Bertz CT molecular complexity index is 209. The van der Waals surface area contributed by atoms with Crippen LogP contribution in [0.2, 0.25) is 18.1 Å². The van der Waals surface area contributed by atoms with Gasteiger partial charge in [-0.1, -0.05) is 27.4 Å². The average molecular weight is 198 g/mol. The second kappa shape index (κ2) is 4.14. The fourth-order valence-corrected chi connectivity index (χ4v) is 1.76. The molecule has 0 N–H and O–H groups in total. The van der Waals surface area contributed by atoms with Crippen LogP contribution in [-0.4, -0.2) is 8.32 Å². The van der Waals surface area contributed by atoms with Gasteiger partial charge in [0.05, 0.1) is 5.76 Å². The van der Waals surface area contributed by atoms with E-state index in [9.17, 15) is 0 Å². The summed E-state index contributed by atoms with van der Waals surface area (Å²) in [5, 5.41) is 0.254. The van der Waals surface area contributed by atoms with Gasteiger partial charge in [0.2, 0.25) is 8.32 Å². The van der Waals surface area contributed by atoms with E-state index in [1.807, 2.05) is 13.0 Å². The zero-order chi connectivity index (χ0) is 10.7. The van der Waals surface area contributed by atoms with Crippen molar-refractivity contribution in [1.82, 2.24) is 0 Å². The minimum absolute atomic E-state index is 0.254. The van der Waals surface area contributed by atoms with E-state index in [1.165, 1.54) is 0 Å². The van der Waals surface area contributed by atoms with Crippen LogP contribution >= 0.6 is 0 Å². The zero-order valence-electron chi connectivity index (χ0n) is 9.77. The Kier molecular flexibility index (Phi) is 3.98. The van der Waals surface area contributed by atoms with Crippen LogP contribution in [0, 0.1) is 0 Å².